The fourth-order valence-corrected chi connectivity index (χ4v) is 4.63. The molecule has 0 N–H and O–H groups in total. The molecule has 0 radical (unpaired) electrons. The number of rotatable bonds is 4. The van der Waals surface area contributed by atoms with Crippen LogP contribution in [0.3, 0.4) is 0 Å². The van der Waals surface area contributed by atoms with Gasteiger partial charge in [0.1, 0.15) is 5.78 Å². The van der Waals surface area contributed by atoms with Crippen LogP contribution >= 0.6 is 0 Å². The first-order valence-electron chi connectivity index (χ1n) is 7.62. The van der Waals surface area contributed by atoms with Gasteiger partial charge in [0.2, 0.25) is 0 Å². The molecule has 1 nitrogen and oxygen atoms in total. The van der Waals surface area contributed by atoms with Crippen LogP contribution in [0.2, 0.25) is 0 Å². The van der Waals surface area contributed by atoms with E-state index in [0.29, 0.717) is 17.1 Å². The Bertz CT molecular complexity index is 283. The zero-order valence-electron chi connectivity index (χ0n) is 11.8. The van der Waals surface area contributed by atoms with Crippen LogP contribution in [-0.4, -0.2) is 5.78 Å². The van der Waals surface area contributed by atoms with Crippen molar-refractivity contribution in [3.8, 4) is 0 Å². The third kappa shape index (κ3) is 2.30. The van der Waals surface area contributed by atoms with Crippen LogP contribution in [0.5, 0.6) is 0 Å². The largest absolute Gasteiger partial charge is 0.299 e. The lowest BCUT2D eigenvalue weighted by atomic mass is 9.62. The second kappa shape index (κ2) is 5.12. The van der Waals surface area contributed by atoms with Crippen molar-refractivity contribution in [3.63, 3.8) is 0 Å². The van der Waals surface area contributed by atoms with E-state index in [2.05, 4.69) is 20.8 Å². The van der Waals surface area contributed by atoms with E-state index in [1.807, 2.05) is 0 Å². The lowest BCUT2D eigenvalue weighted by molar-refractivity contribution is -0.130. The molecule has 17 heavy (non-hydrogen) atoms. The monoisotopic (exact) mass is 236 g/mol. The van der Waals surface area contributed by atoms with Crippen LogP contribution in [0.1, 0.15) is 72.1 Å². The van der Waals surface area contributed by atoms with E-state index in [9.17, 15) is 4.79 Å². The van der Waals surface area contributed by atoms with E-state index < -0.39 is 0 Å². The molecule has 2 saturated carbocycles. The molecule has 0 aromatic rings. The molecule has 0 aliphatic heterocycles. The molecular formula is C16H28O. The van der Waals surface area contributed by atoms with Crippen molar-refractivity contribution in [1.29, 1.82) is 0 Å². The molecule has 2 aliphatic rings. The van der Waals surface area contributed by atoms with Gasteiger partial charge in [0.25, 0.3) is 0 Å². The number of unbranched alkanes of at least 4 members (excludes halogenated alkanes) is 1. The van der Waals surface area contributed by atoms with E-state index in [-0.39, 0.29) is 0 Å². The summed E-state index contributed by atoms with van der Waals surface area (Å²) in [4.78, 5) is 12.1. The van der Waals surface area contributed by atoms with E-state index in [0.717, 1.165) is 24.7 Å². The maximum absolute atomic E-state index is 12.1. The number of Topliss-reactive ketones (excluding diaryl/α,β-unsaturated/α-hetero) is 1. The van der Waals surface area contributed by atoms with Gasteiger partial charge in [-0.15, -0.1) is 0 Å². The van der Waals surface area contributed by atoms with Crippen LogP contribution < -0.4 is 0 Å². The van der Waals surface area contributed by atoms with Crippen molar-refractivity contribution in [3.05, 3.63) is 0 Å². The minimum atomic E-state index is 0.350. The SMILES string of the molecule is CCCC[C@@H](C)[C@H]1CC[C@H]2C(=O)CCC[C@]12C. The maximum atomic E-state index is 12.1. The van der Waals surface area contributed by atoms with Crippen LogP contribution in [0.4, 0.5) is 0 Å². The lowest BCUT2D eigenvalue weighted by Gasteiger charge is -2.42. The van der Waals surface area contributed by atoms with Crippen molar-refractivity contribution >= 4 is 5.78 Å². The molecule has 4 atom stereocenters. The van der Waals surface area contributed by atoms with Gasteiger partial charge in [-0.2, -0.15) is 0 Å². The summed E-state index contributed by atoms with van der Waals surface area (Å²) in [6.07, 6.45) is 9.79. The third-order valence-electron chi connectivity index (χ3n) is 5.64. The van der Waals surface area contributed by atoms with Gasteiger partial charge < -0.3 is 0 Å². The number of carbonyl (C=O) groups is 1. The Balaban J connectivity index is 2.07. The van der Waals surface area contributed by atoms with E-state index in [1.54, 1.807) is 0 Å². The average Bonchev–Trinajstić information content (AvgIpc) is 2.64. The zero-order valence-corrected chi connectivity index (χ0v) is 11.8. The molecule has 0 heterocycles. The van der Waals surface area contributed by atoms with Gasteiger partial charge in [-0.05, 0) is 42.9 Å². The van der Waals surface area contributed by atoms with Crippen molar-refractivity contribution in [2.24, 2.45) is 23.2 Å². The predicted octanol–water partition coefficient (Wildman–Crippen LogP) is 4.60. The Kier molecular flexibility index (Phi) is 3.95. The minimum Gasteiger partial charge on any atom is -0.299 e. The Morgan fingerprint density at radius 3 is 2.88 bits per heavy atom. The maximum Gasteiger partial charge on any atom is 0.136 e. The molecular weight excluding hydrogens is 208 g/mol. The summed E-state index contributed by atoms with van der Waals surface area (Å²) in [6, 6.07) is 0. The van der Waals surface area contributed by atoms with Gasteiger partial charge in [0.05, 0.1) is 0 Å². The predicted molar refractivity (Wildman–Crippen MR) is 71.9 cm³/mol. The highest BCUT2D eigenvalue weighted by molar-refractivity contribution is 5.83. The quantitative estimate of drug-likeness (QED) is 0.697. The van der Waals surface area contributed by atoms with Gasteiger partial charge in [-0.25, -0.2) is 0 Å². The molecule has 0 aromatic heterocycles. The van der Waals surface area contributed by atoms with Gasteiger partial charge in [0.15, 0.2) is 0 Å². The summed E-state index contributed by atoms with van der Waals surface area (Å²) < 4.78 is 0. The first-order chi connectivity index (χ1) is 8.09. The van der Waals surface area contributed by atoms with Crippen molar-refractivity contribution in [2.45, 2.75) is 72.1 Å². The molecule has 2 fully saturated rings. The summed E-state index contributed by atoms with van der Waals surface area (Å²) in [7, 11) is 0. The molecule has 0 saturated heterocycles. The molecule has 2 aliphatic carbocycles. The number of hydrogen-bond donors (Lipinski definition) is 0. The molecule has 98 valence electrons. The molecule has 0 aromatic carbocycles. The van der Waals surface area contributed by atoms with Gasteiger partial charge in [-0.3, -0.25) is 4.79 Å². The highest BCUT2D eigenvalue weighted by atomic mass is 16.1. The first kappa shape index (κ1) is 13.1. The van der Waals surface area contributed by atoms with Gasteiger partial charge in [-0.1, -0.05) is 40.0 Å². The zero-order chi connectivity index (χ0) is 12.5. The van der Waals surface area contributed by atoms with Gasteiger partial charge >= 0.3 is 0 Å². The van der Waals surface area contributed by atoms with E-state index in [4.69, 9.17) is 0 Å². The Labute approximate surface area is 106 Å². The molecule has 0 spiro atoms. The summed E-state index contributed by atoms with van der Waals surface area (Å²) in [5, 5.41) is 0. The number of carbonyl (C=O) groups excluding carboxylic acids is 1. The summed E-state index contributed by atoms with van der Waals surface area (Å²) in [5.41, 5.74) is 0.350. The fourth-order valence-electron chi connectivity index (χ4n) is 4.63. The second-order valence-corrected chi connectivity index (χ2v) is 6.68. The second-order valence-electron chi connectivity index (χ2n) is 6.68. The van der Waals surface area contributed by atoms with Crippen LogP contribution in [0.15, 0.2) is 0 Å². The molecule has 1 heteroatoms. The molecule has 0 unspecified atom stereocenters. The standard InChI is InChI=1S/C16H28O/c1-4-5-7-12(2)13-9-10-14-15(17)8-6-11-16(13,14)3/h12-14H,4-11H2,1-3H3/t12-,13-,14+,16-/m1/s1. The summed E-state index contributed by atoms with van der Waals surface area (Å²) in [6.45, 7) is 7.11. The Morgan fingerprint density at radius 1 is 1.41 bits per heavy atom. The topological polar surface area (TPSA) is 17.1 Å². The highest BCUT2D eigenvalue weighted by Gasteiger charge is 2.52. The van der Waals surface area contributed by atoms with Gasteiger partial charge in [0, 0.05) is 12.3 Å². The van der Waals surface area contributed by atoms with Crippen molar-refractivity contribution < 1.29 is 4.79 Å². The van der Waals surface area contributed by atoms with E-state index in [1.165, 1.54) is 38.5 Å². The lowest BCUT2D eigenvalue weighted by Crippen LogP contribution is -2.39. The minimum absolute atomic E-state index is 0.350. The Hall–Kier alpha value is -0.330. The number of ketones is 1. The van der Waals surface area contributed by atoms with Crippen LogP contribution in [-0.2, 0) is 4.79 Å². The van der Waals surface area contributed by atoms with Crippen LogP contribution in [0, 0.1) is 23.2 Å². The molecule has 0 amide bonds. The van der Waals surface area contributed by atoms with E-state index >= 15 is 0 Å². The molecule has 2 rings (SSSR count). The first-order valence-corrected chi connectivity index (χ1v) is 7.62. The molecule has 0 bridgehead atoms. The normalized spacial score (nSPS) is 39.1. The van der Waals surface area contributed by atoms with Crippen molar-refractivity contribution in [2.75, 3.05) is 0 Å². The van der Waals surface area contributed by atoms with Crippen LogP contribution in [0.25, 0.3) is 0 Å². The summed E-state index contributed by atoms with van der Waals surface area (Å²) in [5.74, 6) is 2.61. The third-order valence-corrected chi connectivity index (χ3v) is 5.64. The van der Waals surface area contributed by atoms with Crippen molar-refractivity contribution in [1.82, 2.24) is 0 Å². The summed E-state index contributed by atoms with van der Waals surface area (Å²) >= 11 is 0. The number of hydrogen-bond acceptors (Lipinski definition) is 1. The smallest absolute Gasteiger partial charge is 0.136 e. The Morgan fingerprint density at radius 2 is 2.18 bits per heavy atom. The highest BCUT2D eigenvalue weighted by Crippen LogP contribution is 2.57. The average molecular weight is 236 g/mol. The number of fused-ring (bicyclic) bond motifs is 1. The fraction of sp³-hybridized carbons (Fsp3) is 0.938.